The van der Waals surface area contributed by atoms with E-state index in [1.807, 2.05) is 48.0 Å². The highest BCUT2D eigenvalue weighted by atomic mass is 32.2. The number of alkyl carbamates (subject to hydrolysis) is 1. The number of methoxy groups -OCH3 is 1. The lowest BCUT2D eigenvalue weighted by molar-refractivity contribution is -0.123. The summed E-state index contributed by atoms with van der Waals surface area (Å²) in [6, 6.07) is 14.9. The van der Waals surface area contributed by atoms with Crippen molar-refractivity contribution in [2.45, 2.75) is 31.8 Å². The van der Waals surface area contributed by atoms with Crippen molar-refractivity contribution in [3.63, 3.8) is 0 Å². The summed E-state index contributed by atoms with van der Waals surface area (Å²) >= 11 is 0.507. The number of benzene rings is 2. The lowest BCUT2D eigenvalue weighted by atomic mass is 10.0. The highest BCUT2D eigenvalue weighted by Crippen LogP contribution is 2.29. The fourth-order valence-electron chi connectivity index (χ4n) is 3.82. The first kappa shape index (κ1) is 29.3. The SMILES string of the molecule is COC(=O)N[C@@H](Cc1ccccc1)C(=O)N[C@@H](Cc1ccc(NOS(=O)O)cc1)c1csc(-c2csc(C)n2)n1. The second-order valence-electron chi connectivity index (χ2n) is 8.57. The Kier molecular flexibility index (Phi) is 10.3. The summed E-state index contributed by atoms with van der Waals surface area (Å²) in [6.07, 6.45) is -0.0628. The van der Waals surface area contributed by atoms with Crippen LogP contribution in [0.4, 0.5) is 10.5 Å². The van der Waals surface area contributed by atoms with Crippen LogP contribution in [0.1, 0.15) is 27.9 Å². The molecule has 3 atom stereocenters. The number of amides is 2. The van der Waals surface area contributed by atoms with Gasteiger partial charge in [0.25, 0.3) is 0 Å². The van der Waals surface area contributed by atoms with Crippen molar-refractivity contribution < 1.29 is 27.4 Å². The molecule has 0 bridgehead atoms. The Bertz CT molecular complexity index is 1440. The van der Waals surface area contributed by atoms with Crippen LogP contribution in [-0.2, 0) is 38.0 Å². The summed E-state index contributed by atoms with van der Waals surface area (Å²) in [4.78, 5) is 34.9. The zero-order valence-corrected chi connectivity index (χ0v) is 24.0. The molecule has 0 spiro atoms. The number of nitrogens with one attached hydrogen (secondary N) is 3. The van der Waals surface area contributed by atoms with Gasteiger partial charge in [-0.1, -0.05) is 42.5 Å². The van der Waals surface area contributed by atoms with Crippen LogP contribution >= 0.6 is 22.7 Å². The number of anilines is 1. The first-order chi connectivity index (χ1) is 19.3. The van der Waals surface area contributed by atoms with E-state index in [0.29, 0.717) is 17.8 Å². The zero-order chi connectivity index (χ0) is 28.5. The molecule has 4 aromatic rings. The Morgan fingerprint density at radius 1 is 0.975 bits per heavy atom. The van der Waals surface area contributed by atoms with Gasteiger partial charge in [0.2, 0.25) is 5.91 Å². The second kappa shape index (κ2) is 14.1. The number of carbonyl (C=O) groups is 2. The maximum Gasteiger partial charge on any atom is 0.407 e. The number of aromatic nitrogens is 2. The predicted molar refractivity (Wildman–Crippen MR) is 154 cm³/mol. The molecule has 4 rings (SSSR count). The average Bonchev–Trinajstić information content (AvgIpc) is 3.61. The number of hydrogen-bond acceptors (Lipinski definition) is 10. The standard InChI is InChI=1S/C26H27N5O6S3/c1-16-27-23(15-38-16)25-29-22(14-39-25)20(12-18-8-10-19(11-9-18)31-37-40(34)35)28-24(32)21(30-26(33)36-2)13-17-6-4-3-5-7-17/h3-11,14-15,20-21,31H,12-13H2,1-2H3,(H,28,32)(H,30,33)(H,34,35)/t20-,21-/m0/s1. The van der Waals surface area contributed by atoms with E-state index in [1.165, 1.54) is 29.8 Å². The molecule has 4 N–H and O–H groups in total. The predicted octanol–water partition coefficient (Wildman–Crippen LogP) is 4.42. The summed E-state index contributed by atoms with van der Waals surface area (Å²) < 4.78 is 28.8. The minimum absolute atomic E-state index is 0.265. The van der Waals surface area contributed by atoms with Gasteiger partial charge in [0.15, 0.2) is 0 Å². The molecule has 0 fully saturated rings. The molecule has 11 nitrogen and oxygen atoms in total. The maximum atomic E-state index is 13.6. The van der Waals surface area contributed by atoms with Gasteiger partial charge in [0.1, 0.15) is 16.7 Å². The summed E-state index contributed by atoms with van der Waals surface area (Å²) in [7, 11) is 1.24. The summed E-state index contributed by atoms with van der Waals surface area (Å²) in [6.45, 7) is 1.93. The normalized spacial score (nSPS) is 13.2. The topological polar surface area (TPSA) is 152 Å². The second-order valence-corrected chi connectivity index (χ2v) is 11.1. The molecule has 0 aliphatic heterocycles. The Morgan fingerprint density at radius 3 is 2.35 bits per heavy atom. The fraction of sp³-hybridized carbons (Fsp3) is 0.231. The molecule has 0 radical (unpaired) electrons. The van der Waals surface area contributed by atoms with E-state index in [-0.39, 0.29) is 6.42 Å². The molecule has 2 amide bonds. The molecule has 14 heteroatoms. The Balaban J connectivity index is 1.58. The molecule has 0 saturated carbocycles. The van der Waals surface area contributed by atoms with Crippen LogP contribution in [0.15, 0.2) is 65.4 Å². The maximum absolute atomic E-state index is 13.6. The van der Waals surface area contributed by atoms with E-state index < -0.39 is 35.4 Å². The average molecular weight is 602 g/mol. The van der Waals surface area contributed by atoms with E-state index >= 15 is 0 Å². The van der Waals surface area contributed by atoms with Crippen molar-refractivity contribution in [3.8, 4) is 10.7 Å². The minimum atomic E-state index is -2.46. The Labute approximate surface area is 241 Å². The summed E-state index contributed by atoms with van der Waals surface area (Å²) in [5.74, 6) is -0.393. The number of aryl methyl sites for hydroxylation is 1. The minimum Gasteiger partial charge on any atom is -0.453 e. The third-order valence-corrected chi connectivity index (χ3v) is 7.62. The third-order valence-electron chi connectivity index (χ3n) is 5.73. The van der Waals surface area contributed by atoms with Crippen LogP contribution in [0.5, 0.6) is 0 Å². The zero-order valence-electron chi connectivity index (χ0n) is 21.5. The molecule has 1 unspecified atom stereocenters. The quantitative estimate of drug-likeness (QED) is 0.137. The van der Waals surface area contributed by atoms with Gasteiger partial charge in [-0.2, -0.15) is 4.21 Å². The highest BCUT2D eigenvalue weighted by Gasteiger charge is 2.26. The van der Waals surface area contributed by atoms with Gasteiger partial charge < -0.3 is 15.4 Å². The number of hydrogen-bond donors (Lipinski definition) is 4. The molecule has 0 aliphatic carbocycles. The first-order valence-corrected chi connectivity index (χ1v) is 14.8. The summed E-state index contributed by atoms with van der Waals surface area (Å²) in [5, 5.41) is 11.2. The number of thiazole rings is 2. The van der Waals surface area contributed by atoms with Crippen LogP contribution in [0.3, 0.4) is 0 Å². The van der Waals surface area contributed by atoms with Crippen LogP contribution in [0, 0.1) is 6.92 Å². The van der Waals surface area contributed by atoms with E-state index in [9.17, 15) is 13.8 Å². The largest absolute Gasteiger partial charge is 0.453 e. The van der Waals surface area contributed by atoms with Crippen LogP contribution in [-0.4, -0.2) is 43.9 Å². The van der Waals surface area contributed by atoms with Gasteiger partial charge in [0, 0.05) is 17.2 Å². The van der Waals surface area contributed by atoms with Crippen molar-refractivity contribution in [2.24, 2.45) is 0 Å². The van der Waals surface area contributed by atoms with E-state index in [1.54, 1.807) is 24.3 Å². The van der Waals surface area contributed by atoms with Gasteiger partial charge >= 0.3 is 17.5 Å². The Hall–Kier alpha value is -3.69. The molecular formula is C26H27N5O6S3. The Morgan fingerprint density at radius 2 is 1.70 bits per heavy atom. The first-order valence-electron chi connectivity index (χ1n) is 12.0. The van der Waals surface area contributed by atoms with Crippen molar-refractivity contribution in [2.75, 3.05) is 12.6 Å². The molecule has 0 aliphatic rings. The monoisotopic (exact) mass is 601 g/mol. The fourth-order valence-corrected chi connectivity index (χ4v) is 5.49. The van der Waals surface area contributed by atoms with Crippen LogP contribution in [0.25, 0.3) is 10.7 Å². The molecule has 2 heterocycles. The van der Waals surface area contributed by atoms with Crippen molar-refractivity contribution in [1.82, 2.24) is 20.6 Å². The van der Waals surface area contributed by atoms with Crippen molar-refractivity contribution >= 4 is 51.7 Å². The van der Waals surface area contributed by atoms with Gasteiger partial charge in [-0.05, 0) is 36.6 Å². The number of nitrogens with zero attached hydrogens (tertiary/aromatic N) is 2. The van der Waals surface area contributed by atoms with E-state index in [4.69, 9.17) is 14.3 Å². The summed E-state index contributed by atoms with van der Waals surface area (Å²) in [5.41, 5.74) is 6.02. The van der Waals surface area contributed by atoms with Crippen molar-refractivity contribution in [1.29, 1.82) is 0 Å². The van der Waals surface area contributed by atoms with E-state index in [2.05, 4.69) is 25.4 Å². The van der Waals surface area contributed by atoms with Crippen LogP contribution < -0.4 is 16.1 Å². The number of rotatable bonds is 12. The molecular weight excluding hydrogens is 575 g/mol. The lowest BCUT2D eigenvalue weighted by Gasteiger charge is -2.23. The van der Waals surface area contributed by atoms with Gasteiger partial charge in [0.05, 0.1) is 29.5 Å². The van der Waals surface area contributed by atoms with Crippen LogP contribution in [0.2, 0.25) is 0 Å². The smallest absolute Gasteiger partial charge is 0.407 e. The van der Waals surface area contributed by atoms with Crippen molar-refractivity contribution in [3.05, 3.63) is 87.2 Å². The third kappa shape index (κ3) is 8.40. The molecule has 0 saturated heterocycles. The van der Waals surface area contributed by atoms with Gasteiger partial charge in [-0.3, -0.25) is 9.35 Å². The molecule has 2 aromatic carbocycles. The van der Waals surface area contributed by atoms with E-state index in [0.717, 1.165) is 26.8 Å². The number of carbonyl (C=O) groups excluding carboxylic acids is 2. The highest BCUT2D eigenvalue weighted by molar-refractivity contribution is 7.74. The lowest BCUT2D eigenvalue weighted by Crippen LogP contribution is -2.49. The molecule has 2 aromatic heterocycles. The molecule has 210 valence electrons. The van der Waals surface area contributed by atoms with Gasteiger partial charge in [-0.15, -0.1) is 27.0 Å². The number of ether oxygens (including phenoxy) is 1. The van der Waals surface area contributed by atoms with Gasteiger partial charge in [-0.25, -0.2) is 20.2 Å². The molecule has 40 heavy (non-hydrogen) atoms.